The summed E-state index contributed by atoms with van der Waals surface area (Å²) >= 11 is 0. The number of ether oxygens (including phenoxy) is 1. The van der Waals surface area contributed by atoms with E-state index in [1.54, 1.807) is 18.5 Å². The van der Waals surface area contributed by atoms with Crippen LogP contribution >= 0.6 is 0 Å². The summed E-state index contributed by atoms with van der Waals surface area (Å²) in [6.07, 6.45) is 4.79. The fourth-order valence-electron chi connectivity index (χ4n) is 3.58. The van der Waals surface area contributed by atoms with E-state index >= 15 is 0 Å². The van der Waals surface area contributed by atoms with E-state index in [9.17, 15) is 9.18 Å². The first-order chi connectivity index (χ1) is 15.9. The molecule has 4 rings (SSSR count). The zero-order valence-corrected chi connectivity index (χ0v) is 18.5. The molecule has 2 atom stereocenters. The van der Waals surface area contributed by atoms with E-state index in [2.05, 4.69) is 35.8 Å². The van der Waals surface area contributed by atoms with Crippen molar-refractivity contribution in [2.24, 2.45) is 0 Å². The lowest BCUT2D eigenvalue weighted by atomic mass is 9.98. The number of aromatic nitrogens is 5. The highest BCUT2D eigenvalue weighted by atomic mass is 19.1. The van der Waals surface area contributed by atoms with Gasteiger partial charge < -0.3 is 10.1 Å². The van der Waals surface area contributed by atoms with Crippen LogP contribution in [0.1, 0.15) is 24.2 Å². The average molecular weight is 449 g/mol. The topological polar surface area (TPSA) is 118 Å². The molecule has 0 saturated heterocycles. The smallest absolute Gasteiger partial charge is 0.320 e. The number of fused-ring (bicyclic) bond motifs is 1. The second kappa shape index (κ2) is 9.70. The fraction of sp³-hybridized carbons (Fsp3) is 0.261. The van der Waals surface area contributed by atoms with Crippen molar-refractivity contribution in [1.29, 1.82) is 0 Å². The zero-order chi connectivity index (χ0) is 23.4. The van der Waals surface area contributed by atoms with E-state index in [0.29, 0.717) is 11.5 Å². The largest absolute Gasteiger partial charge is 0.383 e. The number of hydrogen-bond acceptors (Lipinski definition) is 6. The molecular formula is C23H24FN7O2. The van der Waals surface area contributed by atoms with Gasteiger partial charge in [-0.1, -0.05) is 6.92 Å². The lowest BCUT2D eigenvalue weighted by molar-refractivity contribution is 0.158. The van der Waals surface area contributed by atoms with Crippen LogP contribution in [0.5, 0.6) is 0 Å². The van der Waals surface area contributed by atoms with Crippen molar-refractivity contribution >= 4 is 22.8 Å². The van der Waals surface area contributed by atoms with Gasteiger partial charge in [0.1, 0.15) is 17.3 Å². The highest BCUT2D eigenvalue weighted by Crippen LogP contribution is 2.27. The summed E-state index contributed by atoms with van der Waals surface area (Å²) in [6, 6.07) is 7.27. The Balaban J connectivity index is 1.48. The van der Waals surface area contributed by atoms with Crippen LogP contribution < -0.4 is 10.6 Å². The molecule has 0 fully saturated rings. The number of aromatic amines is 1. The van der Waals surface area contributed by atoms with Gasteiger partial charge >= 0.3 is 6.03 Å². The third-order valence-electron chi connectivity index (χ3n) is 5.33. The van der Waals surface area contributed by atoms with E-state index in [4.69, 9.17) is 4.74 Å². The van der Waals surface area contributed by atoms with Gasteiger partial charge in [-0.2, -0.15) is 5.10 Å². The SMILES string of the molecule is COCC(NC(=O)Nc1cc2[nH]nc(-c3ccnc(C)c3)c2cn1)C(C)c1cc(F)ccn1. The number of aryl methyl sites for hydroxylation is 1. The first-order valence-electron chi connectivity index (χ1n) is 10.4. The molecule has 4 heterocycles. The Hall–Kier alpha value is -3.92. The summed E-state index contributed by atoms with van der Waals surface area (Å²) in [4.78, 5) is 25.4. The van der Waals surface area contributed by atoms with Crippen LogP contribution in [-0.2, 0) is 4.74 Å². The van der Waals surface area contributed by atoms with E-state index in [-0.39, 0.29) is 18.3 Å². The normalized spacial score (nSPS) is 13.0. The number of nitrogens with one attached hydrogen (secondary N) is 3. The van der Waals surface area contributed by atoms with Crippen LogP contribution in [0.4, 0.5) is 15.0 Å². The number of urea groups is 1. The standard InChI is InChI=1S/C23H24FN7O2/c1-13-8-15(4-6-25-13)22-17-11-27-21(10-19(17)30-31-22)29-23(32)28-20(12-33-3)14(2)18-9-16(24)5-7-26-18/h4-11,14,20H,12H2,1-3H3,(H,30,31)(H2,27,28,29,32). The van der Waals surface area contributed by atoms with Crippen molar-refractivity contribution in [3.05, 3.63) is 66.1 Å². The van der Waals surface area contributed by atoms with Crippen LogP contribution in [0.15, 0.2) is 48.9 Å². The lowest BCUT2D eigenvalue weighted by Crippen LogP contribution is -2.44. The molecule has 0 aliphatic rings. The lowest BCUT2D eigenvalue weighted by Gasteiger charge is -2.24. The molecule has 0 bridgehead atoms. The van der Waals surface area contributed by atoms with Gasteiger partial charge in [0.05, 0.1) is 18.2 Å². The van der Waals surface area contributed by atoms with E-state index < -0.39 is 12.1 Å². The predicted octanol–water partition coefficient (Wildman–Crippen LogP) is 3.80. The van der Waals surface area contributed by atoms with Crippen molar-refractivity contribution < 1.29 is 13.9 Å². The number of pyridine rings is 3. The third kappa shape index (κ3) is 5.12. The molecule has 170 valence electrons. The number of nitrogens with zero attached hydrogens (tertiary/aromatic N) is 4. The van der Waals surface area contributed by atoms with E-state index in [0.717, 1.165) is 27.9 Å². The van der Waals surface area contributed by atoms with E-state index in [1.165, 1.54) is 25.4 Å². The average Bonchev–Trinajstić information content (AvgIpc) is 3.21. The molecule has 0 aliphatic heterocycles. The molecule has 4 aromatic heterocycles. The zero-order valence-electron chi connectivity index (χ0n) is 18.5. The summed E-state index contributed by atoms with van der Waals surface area (Å²) in [7, 11) is 1.54. The second-order valence-electron chi connectivity index (χ2n) is 7.72. The molecule has 33 heavy (non-hydrogen) atoms. The molecule has 2 amide bonds. The first kappa shape index (κ1) is 22.3. The Kier molecular flexibility index (Phi) is 6.55. The van der Waals surface area contributed by atoms with Gasteiger partial charge in [-0.15, -0.1) is 0 Å². The Bertz CT molecular complexity index is 1280. The van der Waals surface area contributed by atoms with Gasteiger partial charge in [-0.3, -0.25) is 20.4 Å². The number of anilines is 1. The summed E-state index contributed by atoms with van der Waals surface area (Å²) in [5.74, 6) is -0.305. The summed E-state index contributed by atoms with van der Waals surface area (Å²) in [5, 5.41) is 13.8. The van der Waals surface area contributed by atoms with Crippen LogP contribution in [0.2, 0.25) is 0 Å². The van der Waals surface area contributed by atoms with Gasteiger partial charge in [-0.25, -0.2) is 14.2 Å². The summed E-state index contributed by atoms with van der Waals surface area (Å²) in [5.41, 5.74) is 3.83. The van der Waals surface area contributed by atoms with Crippen molar-refractivity contribution in [2.75, 3.05) is 19.0 Å². The van der Waals surface area contributed by atoms with Crippen molar-refractivity contribution in [3.63, 3.8) is 0 Å². The Morgan fingerprint density at radius 1 is 1.18 bits per heavy atom. The van der Waals surface area contributed by atoms with Gasteiger partial charge in [0, 0.05) is 60.0 Å². The molecule has 10 heteroatoms. The Labute approximate surface area is 189 Å². The van der Waals surface area contributed by atoms with Gasteiger partial charge in [0.2, 0.25) is 0 Å². The predicted molar refractivity (Wildman–Crippen MR) is 122 cm³/mol. The minimum absolute atomic E-state index is 0.231. The highest BCUT2D eigenvalue weighted by molar-refractivity contribution is 5.95. The number of methoxy groups -OCH3 is 1. The van der Waals surface area contributed by atoms with Crippen LogP contribution in [0.25, 0.3) is 22.2 Å². The molecule has 2 unspecified atom stereocenters. The van der Waals surface area contributed by atoms with E-state index in [1.807, 2.05) is 26.0 Å². The molecule has 0 radical (unpaired) electrons. The van der Waals surface area contributed by atoms with Crippen molar-refractivity contribution in [1.82, 2.24) is 30.5 Å². The number of rotatable bonds is 7. The molecule has 9 nitrogen and oxygen atoms in total. The number of hydrogen-bond donors (Lipinski definition) is 3. The molecule has 3 N–H and O–H groups in total. The number of carbonyl (C=O) groups is 1. The Morgan fingerprint density at radius 3 is 2.76 bits per heavy atom. The number of carbonyl (C=O) groups excluding carboxylic acids is 1. The maximum Gasteiger partial charge on any atom is 0.320 e. The number of H-pyrrole nitrogens is 1. The first-order valence-corrected chi connectivity index (χ1v) is 10.4. The van der Waals surface area contributed by atoms with Crippen molar-refractivity contribution in [3.8, 4) is 11.3 Å². The van der Waals surface area contributed by atoms with Gasteiger partial charge in [-0.05, 0) is 31.2 Å². The van der Waals surface area contributed by atoms with Crippen LogP contribution in [0, 0.1) is 12.7 Å². The van der Waals surface area contributed by atoms with Crippen LogP contribution in [-0.4, -0.2) is 50.9 Å². The summed E-state index contributed by atoms with van der Waals surface area (Å²) in [6.45, 7) is 4.00. The van der Waals surface area contributed by atoms with Gasteiger partial charge in [0.25, 0.3) is 0 Å². The van der Waals surface area contributed by atoms with Crippen LogP contribution in [0.3, 0.4) is 0 Å². The molecule has 0 saturated carbocycles. The second-order valence-corrected chi connectivity index (χ2v) is 7.72. The molecule has 0 spiro atoms. The third-order valence-corrected chi connectivity index (χ3v) is 5.33. The quantitative estimate of drug-likeness (QED) is 0.395. The van der Waals surface area contributed by atoms with Crippen molar-refractivity contribution in [2.45, 2.75) is 25.8 Å². The number of halogens is 1. The minimum atomic E-state index is -0.461. The molecule has 4 aromatic rings. The van der Waals surface area contributed by atoms with Gasteiger partial charge in [0.15, 0.2) is 0 Å². The maximum atomic E-state index is 13.6. The molecular weight excluding hydrogens is 425 g/mol. The monoisotopic (exact) mass is 449 g/mol. The molecule has 0 aliphatic carbocycles. The Morgan fingerprint density at radius 2 is 2.00 bits per heavy atom. The maximum absolute atomic E-state index is 13.6. The highest BCUT2D eigenvalue weighted by Gasteiger charge is 2.23. The number of amides is 2. The minimum Gasteiger partial charge on any atom is -0.383 e. The fourth-order valence-corrected chi connectivity index (χ4v) is 3.58. The summed E-state index contributed by atoms with van der Waals surface area (Å²) < 4.78 is 18.8. The molecule has 0 aromatic carbocycles.